The van der Waals surface area contributed by atoms with Crippen LogP contribution in [-0.2, 0) is 6.61 Å². The summed E-state index contributed by atoms with van der Waals surface area (Å²) in [6.45, 7) is 0.263. The molecule has 98 valence electrons. The average Bonchev–Trinajstić information content (AvgIpc) is 2.39. The lowest BCUT2D eigenvalue weighted by molar-refractivity contribution is 0.0692. The second-order valence-corrected chi connectivity index (χ2v) is 4.73. The van der Waals surface area contributed by atoms with E-state index in [1.54, 1.807) is 24.3 Å². The predicted octanol–water partition coefficient (Wildman–Crippen LogP) is 4.27. The summed E-state index contributed by atoms with van der Waals surface area (Å²) in [5.74, 6) is -0.791. The summed E-state index contributed by atoms with van der Waals surface area (Å²) < 4.78 is 5.50. The lowest BCUT2D eigenvalue weighted by atomic mass is 10.2. The standard InChI is InChI=1S/C14H10Cl2O3/c15-10-3-1-9(2-4-10)8-19-13-6-5-11(16)7-12(13)14(17)18/h1-7H,8H2,(H,17,18). The predicted molar refractivity (Wildman–Crippen MR) is 74.2 cm³/mol. The number of halogens is 2. The zero-order chi connectivity index (χ0) is 13.8. The van der Waals surface area contributed by atoms with E-state index in [0.29, 0.717) is 10.0 Å². The molecule has 0 saturated heterocycles. The first kappa shape index (κ1) is 13.7. The van der Waals surface area contributed by atoms with Crippen molar-refractivity contribution in [3.8, 4) is 5.75 Å². The van der Waals surface area contributed by atoms with E-state index in [9.17, 15) is 4.79 Å². The molecule has 0 radical (unpaired) electrons. The molecule has 5 heteroatoms. The summed E-state index contributed by atoms with van der Waals surface area (Å²) >= 11 is 11.5. The van der Waals surface area contributed by atoms with Crippen molar-refractivity contribution in [2.45, 2.75) is 6.61 Å². The minimum absolute atomic E-state index is 0.0430. The third kappa shape index (κ3) is 3.63. The Balaban J connectivity index is 2.15. The minimum atomic E-state index is -1.08. The molecule has 0 heterocycles. The van der Waals surface area contributed by atoms with Gasteiger partial charge in [-0.25, -0.2) is 4.79 Å². The fourth-order valence-electron chi connectivity index (χ4n) is 1.54. The number of hydrogen-bond donors (Lipinski definition) is 1. The van der Waals surface area contributed by atoms with E-state index >= 15 is 0 Å². The molecule has 0 aliphatic heterocycles. The molecule has 1 N–H and O–H groups in total. The van der Waals surface area contributed by atoms with Crippen LogP contribution < -0.4 is 4.74 Å². The van der Waals surface area contributed by atoms with Crippen molar-refractivity contribution >= 4 is 29.2 Å². The number of ether oxygens (including phenoxy) is 1. The van der Waals surface area contributed by atoms with E-state index in [1.165, 1.54) is 6.07 Å². The molecule has 0 bridgehead atoms. The molecule has 0 aromatic heterocycles. The summed E-state index contributed by atoms with van der Waals surface area (Å²) in [6.07, 6.45) is 0. The first-order valence-electron chi connectivity index (χ1n) is 5.46. The van der Waals surface area contributed by atoms with Gasteiger partial charge in [-0.3, -0.25) is 0 Å². The molecule has 2 aromatic rings. The van der Waals surface area contributed by atoms with Crippen molar-refractivity contribution in [3.63, 3.8) is 0 Å². The third-order valence-corrected chi connectivity index (χ3v) is 2.97. The van der Waals surface area contributed by atoms with Gasteiger partial charge in [0.15, 0.2) is 0 Å². The minimum Gasteiger partial charge on any atom is -0.488 e. The van der Waals surface area contributed by atoms with Gasteiger partial charge in [0.1, 0.15) is 17.9 Å². The van der Waals surface area contributed by atoms with Crippen LogP contribution in [0.2, 0.25) is 10.0 Å². The Morgan fingerprint density at radius 3 is 2.32 bits per heavy atom. The quantitative estimate of drug-likeness (QED) is 0.916. The molecule has 0 spiro atoms. The third-order valence-electron chi connectivity index (χ3n) is 2.48. The molecule has 2 rings (SSSR count). The zero-order valence-electron chi connectivity index (χ0n) is 9.77. The Morgan fingerprint density at radius 1 is 1.05 bits per heavy atom. The molecule has 0 amide bonds. The maximum absolute atomic E-state index is 11.1. The highest BCUT2D eigenvalue weighted by Gasteiger charge is 2.12. The molecule has 19 heavy (non-hydrogen) atoms. The summed E-state index contributed by atoms with van der Waals surface area (Å²) in [5.41, 5.74) is 0.942. The molecule has 0 atom stereocenters. The molecular weight excluding hydrogens is 287 g/mol. The lowest BCUT2D eigenvalue weighted by Crippen LogP contribution is -2.03. The Labute approximate surface area is 120 Å². The highest BCUT2D eigenvalue weighted by molar-refractivity contribution is 6.31. The number of carbonyl (C=O) groups is 1. The first-order valence-corrected chi connectivity index (χ1v) is 6.22. The maximum atomic E-state index is 11.1. The van der Waals surface area contributed by atoms with Crippen molar-refractivity contribution in [1.29, 1.82) is 0 Å². The number of carboxylic acids is 1. The van der Waals surface area contributed by atoms with E-state index in [4.69, 9.17) is 33.0 Å². The van der Waals surface area contributed by atoms with Crippen molar-refractivity contribution in [2.75, 3.05) is 0 Å². The molecule has 0 saturated carbocycles. The van der Waals surface area contributed by atoms with Crippen molar-refractivity contribution in [1.82, 2.24) is 0 Å². The van der Waals surface area contributed by atoms with Gasteiger partial charge in [-0.05, 0) is 35.9 Å². The Kier molecular flexibility index (Phi) is 4.30. The second-order valence-electron chi connectivity index (χ2n) is 3.86. The van der Waals surface area contributed by atoms with Gasteiger partial charge in [-0.2, -0.15) is 0 Å². The summed E-state index contributed by atoms with van der Waals surface area (Å²) in [5, 5.41) is 10.1. The van der Waals surface area contributed by atoms with Gasteiger partial charge in [0.2, 0.25) is 0 Å². The smallest absolute Gasteiger partial charge is 0.339 e. The van der Waals surface area contributed by atoms with Crippen LogP contribution in [0.4, 0.5) is 0 Å². The van der Waals surface area contributed by atoms with Crippen LogP contribution in [0.25, 0.3) is 0 Å². The van der Waals surface area contributed by atoms with Gasteiger partial charge >= 0.3 is 5.97 Å². The molecule has 0 aliphatic rings. The number of rotatable bonds is 4. The van der Waals surface area contributed by atoms with E-state index in [1.807, 2.05) is 12.1 Å². The van der Waals surface area contributed by atoms with Gasteiger partial charge in [0, 0.05) is 10.0 Å². The number of aromatic carboxylic acids is 1. The Bertz CT molecular complexity index is 594. The van der Waals surface area contributed by atoms with E-state index < -0.39 is 5.97 Å². The molecule has 3 nitrogen and oxygen atoms in total. The highest BCUT2D eigenvalue weighted by Crippen LogP contribution is 2.24. The number of benzene rings is 2. The van der Waals surface area contributed by atoms with Gasteiger partial charge in [-0.15, -0.1) is 0 Å². The fourth-order valence-corrected chi connectivity index (χ4v) is 1.84. The Morgan fingerprint density at radius 2 is 1.68 bits per heavy atom. The van der Waals surface area contributed by atoms with Crippen molar-refractivity contribution < 1.29 is 14.6 Å². The van der Waals surface area contributed by atoms with Gasteiger partial charge in [0.25, 0.3) is 0 Å². The SMILES string of the molecule is O=C(O)c1cc(Cl)ccc1OCc1ccc(Cl)cc1. The van der Waals surface area contributed by atoms with Crippen molar-refractivity contribution in [3.05, 3.63) is 63.6 Å². The fraction of sp³-hybridized carbons (Fsp3) is 0.0714. The van der Waals surface area contributed by atoms with Crippen LogP contribution in [0.15, 0.2) is 42.5 Å². The van der Waals surface area contributed by atoms with Crippen LogP contribution in [-0.4, -0.2) is 11.1 Å². The first-order chi connectivity index (χ1) is 9.06. The average molecular weight is 297 g/mol. The van der Waals surface area contributed by atoms with Crippen LogP contribution in [0.3, 0.4) is 0 Å². The van der Waals surface area contributed by atoms with Crippen molar-refractivity contribution in [2.24, 2.45) is 0 Å². The van der Waals surface area contributed by atoms with E-state index in [0.717, 1.165) is 5.56 Å². The highest BCUT2D eigenvalue weighted by atomic mass is 35.5. The van der Waals surface area contributed by atoms with Crippen LogP contribution in [0.1, 0.15) is 15.9 Å². The van der Waals surface area contributed by atoms with Crippen LogP contribution in [0, 0.1) is 0 Å². The zero-order valence-corrected chi connectivity index (χ0v) is 11.3. The molecule has 2 aromatic carbocycles. The van der Waals surface area contributed by atoms with Crippen LogP contribution in [0.5, 0.6) is 5.75 Å². The van der Waals surface area contributed by atoms with Gasteiger partial charge in [-0.1, -0.05) is 35.3 Å². The Hall–Kier alpha value is -1.71. The number of carboxylic acid groups (broad SMARTS) is 1. The summed E-state index contributed by atoms with van der Waals surface area (Å²) in [4.78, 5) is 11.1. The number of hydrogen-bond acceptors (Lipinski definition) is 2. The molecule has 0 fully saturated rings. The van der Waals surface area contributed by atoms with E-state index in [-0.39, 0.29) is 17.9 Å². The second kappa shape index (κ2) is 5.95. The lowest BCUT2D eigenvalue weighted by Gasteiger charge is -2.09. The van der Waals surface area contributed by atoms with Gasteiger partial charge < -0.3 is 9.84 Å². The maximum Gasteiger partial charge on any atom is 0.339 e. The monoisotopic (exact) mass is 296 g/mol. The van der Waals surface area contributed by atoms with Gasteiger partial charge in [0.05, 0.1) is 0 Å². The van der Waals surface area contributed by atoms with E-state index in [2.05, 4.69) is 0 Å². The summed E-state index contributed by atoms with van der Waals surface area (Å²) in [7, 11) is 0. The molecular formula is C14H10Cl2O3. The largest absolute Gasteiger partial charge is 0.488 e. The molecule has 0 aliphatic carbocycles. The molecule has 0 unspecified atom stereocenters. The topological polar surface area (TPSA) is 46.5 Å². The summed E-state index contributed by atoms with van der Waals surface area (Å²) in [6, 6.07) is 11.6. The van der Waals surface area contributed by atoms with Crippen LogP contribution >= 0.6 is 23.2 Å². The normalized spacial score (nSPS) is 10.2.